The minimum atomic E-state index is -4.42. The Bertz CT molecular complexity index is 385. The van der Waals surface area contributed by atoms with Gasteiger partial charge in [0.05, 0.1) is 19.1 Å². The van der Waals surface area contributed by atoms with Crippen LogP contribution in [0.25, 0.3) is 0 Å². The standard InChI is InChI=1S/C13H21F3N2O3/c1-9(2)21-7-5-11(19)17(3)10-4-6-18(12(10)20)8-13(14,15)16/h9-10H,4-8H2,1-3H3/t10-/m1/s1. The molecule has 1 rings (SSSR count). The monoisotopic (exact) mass is 310 g/mol. The van der Waals surface area contributed by atoms with E-state index in [4.69, 9.17) is 4.74 Å². The Morgan fingerprint density at radius 1 is 1.48 bits per heavy atom. The third-order valence-electron chi connectivity index (χ3n) is 3.27. The second kappa shape index (κ2) is 7.11. The Hall–Kier alpha value is -1.31. The van der Waals surface area contributed by atoms with E-state index >= 15 is 0 Å². The van der Waals surface area contributed by atoms with Crippen LogP contribution in [0.3, 0.4) is 0 Å². The zero-order valence-corrected chi connectivity index (χ0v) is 12.4. The summed E-state index contributed by atoms with van der Waals surface area (Å²) >= 11 is 0. The fraction of sp³-hybridized carbons (Fsp3) is 0.846. The van der Waals surface area contributed by atoms with Crippen LogP contribution in [0.15, 0.2) is 0 Å². The number of nitrogens with zero attached hydrogens (tertiary/aromatic N) is 2. The van der Waals surface area contributed by atoms with Gasteiger partial charge in [-0.1, -0.05) is 0 Å². The fourth-order valence-corrected chi connectivity index (χ4v) is 2.19. The number of likely N-dealkylation sites (tertiary alicyclic amines) is 1. The summed E-state index contributed by atoms with van der Waals surface area (Å²) in [5, 5.41) is 0. The summed E-state index contributed by atoms with van der Waals surface area (Å²) in [6.45, 7) is 2.66. The van der Waals surface area contributed by atoms with Crippen LogP contribution in [-0.2, 0) is 14.3 Å². The molecule has 1 fully saturated rings. The van der Waals surface area contributed by atoms with E-state index in [0.29, 0.717) is 0 Å². The summed E-state index contributed by atoms with van der Waals surface area (Å²) in [7, 11) is 1.44. The van der Waals surface area contributed by atoms with E-state index in [1.54, 1.807) is 0 Å². The molecule has 0 unspecified atom stereocenters. The van der Waals surface area contributed by atoms with Gasteiger partial charge in [-0.15, -0.1) is 0 Å². The molecule has 0 radical (unpaired) electrons. The van der Waals surface area contributed by atoms with Crippen molar-refractivity contribution in [3.05, 3.63) is 0 Å². The summed E-state index contributed by atoms with van der Waals surface area (Å²) in [6.07, 6.45) is -4.09. The molecule has 8 heteroatoms. The van der Waals surface area contributed by atoms with Crippen molar-refractivity contribution < 1.29 is 27.5 Å². The van der Waals surface area contributed by atoms with Gasteiger partial charge in [0.25, 0.3) is 0 Å². The van der Waals surface area contributed by atoms with Gasteiger partial charge in [0.1, 0.15) is 12.6 Å². The van der Waals surface area contributed by atoms with Crippen molar-refractivity contribution in [3.63, 3.8) is 0 Å². The number of amides is 2. The molecule has 0 aliphatic carbocycles. The number of hydrogen-bond donors (Lipinski definition) is 0. The van der Waals surface area contributed by atoms with Crippen molar-refractivity contribution >= 4 is 11.8 Å². The van der Waals surface area contributed by atoms with Crippen molar-refractivity contribution in [1.82, 2.24) is 9.80 Å². The van der Waals surface area contributed by atoms with Crippen LogP contribution < -0.4 is 0 Å². The van der Waals surface area contributed by atoms with Gasteiger partial charge in [-0.2, -0.15) is 13.2 Å². The molecule has 0 aromatic heterocycles. The highest BCUT2D eigenvalue weighted by Crippen LogP contribution is 2.23. The van der Waals surface area contributed by atoms with Crippen molar-refractivity contribution in [1.29, 1.82) is 0 Å². The first kappa shape index (κ1) is 17.7. The van der Waals surface area contributed by atoms with Gasteiger partial charge in [-0.3, -0.25) is 9.59 Å². The predicted octanol–water partition coefficient (Wildman–Crippen LogP) is 1.42. The van der Waals surface area contributed by atoms with Gasteiger partial charge in [-0.25, -0.2) is 0 Å². The van der Waals surface area contributed by atoms with Crippen molar-refractivity contribution in [2.75, 3.05) is 26.7 Å². The smallest absolute Gasteiger partial charge is 0.378 e. The molecule has 1 aliphatic rings. The van der Waals surface area contributed by atoms with Crippen molar-refractivity contribution in [2.45, 2.75) is 45.0 Å². The second-order valence-electron chi connectivity index (χ2n) is 5.35. The topological polar surface area (TPSA) is 49.9 Å². The Morgan fingerprint density at radius 3 is 2.62 bits per heavy atom. The molecular weight excluding hydrogens is 289 g/mol. The number of hydrogen-bond acceptors (Lipinski definition) is 3. The number of rotatable bonds is 6. The third kappa shape index (κ3) is 5.53. The zero-order valence-electron chi connectivity index (χ0n) is 12.4. The Labute approximate surface area is 122 Å². The maximum absolute atomic E-state index is 12.3. The highest BCUT2D eigenvalue weighted by Gasteiger charge is 2.41. The molecule has 5 nitrogen and oxygen atoms in total. The first-order valence-corrected chi connectivity index (χ1v) is 6.84. The first-order chi connectivity index (χ1) is 9.61. The third-order valence-corrected chi connectivity index (χ3v) is 3.27. The van der Waals surface area contributed by atoms with Gasteiger partial charge in [0, 0.05) is 13.6 Å². The number of likely N-dealkylation sites (N-methyl/N-ethyl adjacent to an activating group) is 1. The summed E-state index contributed by atoms with van der Waals surface area (Å²) in [6, 6.07) is -0.807. The maximum Gasteiger partial charge on any atom is 0.406 e. The molecule has 1 saturated heterocycles. The summed E-state index contributed by atoms with van der Waals surface area (Å²) in [5.41, 5.74) is 0. The van der Waals surface area contributed by atoms with Gasteiger partial charge < -0.3 is 14.5 Å². The van der Waals surface area contributed by atoms with Crippen LogP contribution in [0.4, 0.5) is 13.2 Å². The predicted molar refractivity (Wildman–Crippen MR) is 69.5 cm³/mol. The molecule has 0 N–H and O–H groups in total. The highest BCUT2D eigenvalue weighted by atomic mass is 19.4. The van der Waals surface area contributed by atoms with Gasteiger partial charge in [0.2, 0.25) is 11.8 Å². The van der Waals surface area contributed by atoms with Gasteiger partial charge >= 0.3 is 6.18 Å². The summed E-state index contributed by atoms with van der Waals surface area (Å²) < 4.78 is 42.2. The zero-order chi connectivity index (χ0) is 16.2. The largest absolute Gasteiger partial charge is 0.406 e. The van der Waals surface area contributed by atoms with E-state index in [1.165, 1.54) is 11.9 Å². The van der Waals surface area contributed by atoms with Crippen LogP contribution in [0.5, 0.6) is 0 Å². The van der Waals surface area contributed by atoms with Crippen LogP contribution in [0, 0.1) is 0 Å². The molecule has 1 atom stereocenters. The average Bonchev–Trinajstić information content (AvgIpc) is 2.67. The maximum atomic E-state index is 12.3. The number of alkyl halides is 3. The fourth-order valence-electron chi connectivity index (χ4n) is 2.19. The molecule has 0 saturated carbocycles. The summed E-state index contributed by atoms with van der Waals surface area (Å²) in [4.78, 5) is 25.8. The van der Waals surface area contributed by atoms with E-state index < -0.39 is 24.7 Å². The lowest BCUT2D eigenvalue weighted by Gasteiger charge is -2.24. The summed E-state index contributed by atoms with van der Waals surface area (Å²) in [5.74, 6) is -0.948. The molecule has 122 valence electrons. The molecule has 1 aliphatic heterocycles. The Morgan fingerprint density at radius 2 is 2.10 bits per heavy atom. The minimum absolute atomic E-state index is 0.00139. The molecule has 2 amide bonds. The molecular formula is C13H21F3N2O3. The molecule has 0 spiro atoms. The van der Waals surface area contributed by atoms with Crippen LogP contribution in [0.2, 0.25) is 0 Å². The number of carbonyl (C=O) groups excluding carboxylic acids is 2. The molecule has 0 aromatic rings. The van der Waals surface area contributed by atoms with Gasteiger partial charge in [-0.05, 0) is 20.3 Å². The Balaban J connectivity index is 2.50. The normalized spacial score (nSPS) is 19.5. The van der Waals surface area contributed by atoms with Gasteiger partial charge in [0.15, 0.2) is 0 Å². The molecule has 0 aromatic carbocycles. The van der Waals surface area contributed by atoms with E-state index in [2.05, 4.69) is 0 Å². The minimum Gasteiger partial charge on any atom is -0.378 e. The van der Waals surface area contributed by atoms with E-state index in [-0.39, 0.29) is 38.0 Å². The van der Waals surface area contributed by atoms with E-state index in [1.807, 2.05) is 13.8 Å². The SMILES string of the molecule is CC(C)OCCC(=O)N(C)[C@@H]1CCN(CC(F)(F)F)C1=O. The first-order valence-electron chi connectivity index (χ1n) is 6.84. The lowest BCUT2D eigenvalue weighted by molar-refractivity contribution is -0.159. The van der Waals surface area contributed by atoms with E-state index in [9.17, 15) is 22.8 Å². The quantitative estimate of drug-likeness (QED) is 0.745. The van der Waals surface area contributed by atoms with Crippen molar-refractivity contribution in [2.24, 2.45) is 0 Å². The lowest BCUT2D eigenvalue weighted by Crippen LogP contribution is -2.45. The van der Waals surface area contributed by atoms with Crippen LogP contribution in [0.1, 0.15) is 26.7 Å². The molecule has 1 heterocycles. The second-order valence-corrected chi connectivity index (χ2v) is 5.35. The highest BCUT2D eigenvalue weighted by molar-refractivity contribution is 5.89. The number of carbonyl (C=O) groups is 2. The Kier molecular flexibility index (Phi) is 6.00. The van der Waals surface area contributed by atoms with Crippen LogP contribution >= 0.6 is 0 Å². The number of ether oxygens (including phenoxy) is 1. The number of halogens is 3. The average molecular weight is 310 g/mol. The lowest BCUT2D eigenvalue weighted by atomic mass is 10.2. The molecule has 0 bridgehead atoms. The molecule has 21 heavy (non-hydrogen) atoms. The van der Waals surface area contributed by atoms with Crippen molar-refractivity contribution in [3.8, 4) is 0 Å². The van der Waals surface area contributed by atoms with Crippen LogP contribution in [-0.4, -0.2) is 66.7 Å². The van der Waals surface area contributed by atoms with E-state index in [0.717, 1.165) is 4.90 Å².